The van der Waals surface area contributed by atoms with Gasteiger partial charge in [0.25, 0.3) is 0 Å². The number of nitrogens with zero attached hydrogens (tertiary/aromatic N) is 1. The lowest BCUT2D eigenvalue weighted by atomic mass is 10.4. The van der Waals surface area contributed by atoms with E-state index in [0.717, 1.165) is 4.90 Å². The minimum Gasteiger partial charge on any atom is -0.480 e. The van der Waals surface area contributed by atoms with Gasteiger partial charge < -0.3 is 15.6 Å². The van der Waals surface area contributed by atoms with E-state index < -0.39 is 31.1 Å². The van der Waals surface area contributed by atoms with E-state index >= 15 is 0 Å². The molecule has 0 aliphatic rings. The predicted molar refractivity (Wildman–Crippen MR) is 50.0 cm³/mol. The molecule has 0 saturated carbocycles. The van der Waals surface area contributed by atoms with Crippen molar-refractivity contribution in [3.8, 4) is 0 Å². The molecule has 0 heterocycles. The van der Waals surface area contributed by atoms with Crippen LogP contribution in [-0.2, 0) is 14.3 Å². The van der Waals surface area contributed by atoms with Crippen molar-refractivity contribution < 1.29 is 24.2 Å². The van der Waals surface area contributed by atoms with Crippen LogP contribution in [0.15, 0.2) is 0 Å². The summed E-state index contributed by atoms with van der Waals surface area (Å²) < 4.78 is 4.73. The minimum absolute atomic E-state index is 0.387. The van der Waals surface area contributed by atoms with Gasteiger partial charge in [0.2, 0.25) is 5.91 Å². The maximum absolute atomic E-state index is 11.3. The Morgan fingerprint density at radius 1 is 1.33 bits per heavy atom. The van der Waals surface area contributed by atoms with Crippen LogP contribution in [0.25, 0.3) is 0 Å². The molecule has 0 spiro atoms. The molecule has 0 saturated heterocycles. The average Bonchev–Trinajstić information content (AvgIpc) is 1.99. The number of carbonyl (C=O) groups excluding carboxylic acids is 2. The van der Waals surface area contributed by atoms with Crippen molar-refractivity contribution in [2.75, 3.05) is 13.1 Å². The summed E-state index contributed by atoms with van der Waals surface area (Å²) in [5, 5.41) is 8.48. The summed E-state index contributed by atoms with van der Waals surface area (Å²) >= 11 is 0. The predicted octanol–water partition coefficient (Wildman–Crippen LogP) is -0.597. The molecule has 0 unspecified atom stereocenters. The number of carboxylic acid groups (broad SMARTS) is 1. The molecule has 0 radical (unpaired) electrons. The van der Waals surface area contributed by atoms with E-state index in [1.807, 2.05) is 0 Å². The highest BCUT2D eigenvalue weighted by Crippen LogP contribution is 1.97. The van der Waals surface area contributed by atoms with Crippen molar-refractivity contribution in [3.05, 3.63) is 0 Å². The molecule has 2 amide bonds. The van der Waals surface area contributed by atoms with Crippen molar-refractivity contribution in [3.63, 3.8) is 0 Å². The zero-order valence-electron chi connectivity index (χ0n) is 8.60. The fourth-order valence-corrected chi connectivity index (χ4v) is 0.813. The van der Waals surface area contributed by atoms with Crippen LogP contribution in [0.4, 0.5) is 4.79 Å². The van der Waals surface area contributed by atoms with Gasteiger partial charge in [0.15, 0.2) is 0 Å². The summed E-state index contributed by atoms with van der Waals surface area (Å²) in [6, 6.07) is 0. The number of hydrogen-bond acceptors (Lipinski definition) is 4. The van der Waals surface area contributed by atoms with Crippen molar-refractivity contribution in [1.29, 1.82) is 0 Å². The van der Waals surface area contributed by atoms with Crippen molar-refractivity contribution in [1.82, 2.24) is 4.90 Å². The first kappa shape index (κ1) is 13.2. The highest BCUT2D eigenvalue weighted by atomic mass is 16.6. The number of rotatable bonds is 5. The molecule has 7 nitrogen and oxygen atoms in total. The molecular weight excluding hydrogens is 204 g/mol. The molecule has 0 atom stereocenters. The summed E-state index contributed by atoms with van der Waals surface area (Å²) in [4.78, 5) is 32.9. The summed E-state index contributed by atoms with van der Waals surface area (Å²) in [5.74, 6) is -2.03. The second-order valence-corrected chi connectivity index (χ2v) is 3.15. The molecule has 0 aliphatic carbocycles. The monoisotopic (exact) mass is 218 g/mol. The quantitative estimate of drug-likeness (QED) is 0.640. The Kier molecular flexibility index (Phi) is 5.14. The third-order valence-corrected chi connectivity index (χ3v) is 1.27. The lowest BCUT2D eigenvalue weighted by Crippen LogP contribution is -2.42. The molecule has 0 aromatic rings. The fraction of sp³-hybridized carbons (Fsp3) is 0.625. The van der Waals surface area contributed by atoms with Gasteiger partial charge in [-0.15, -0.1) is 0 Å². The van der Waals surface area contributed by atoms with Crippen LogP contribution < -0.4 is 5.73 Å². The van der Waals surface area contributed by atoms with Crippen LogP contribution in [0.2, 0.25) is 0 Å². The summed E-state index contributed by atoms with van der Waals surface area (Å²) in [5.41, 5.74) is 4.86. The zero-order chi connectivity index (χ0) is 12.0. The molecule has 7 heteroatoms. The molecule has 0 aromatic heterocycles. The topological polar surface area (TPSA) is 110 Å². The van der Waals surface area contributed by atoms with Gasteiger partial charge in [-0.3, -0.25) is 14.5 Å². The third kappa shape index (κ3) is 6.30. The van der Waals surface area contributed by atoms with Gasteiger partial charge in [0, 0.05) is 0 Å². The van der Waals surface area contributed by atoms with Gasteiger partial charge in [-0.2, -0.15) is 0 Å². The Morgan fingerprint density at radius 3 is 2.20 bits per heavy atom. The van der Waals surface area contributed by atoms with Crippen LogP contribution >= 0.6 is 0 Å². The highest BCUT2D eigenvalue weighted by molar-refractivity contribution is 5.83. The first-order valence-corrected chi connectivity index (χ1v) is 4.28. The van der Waals surface area contributed by atoms with Crippen LogP contribution in [0.3, 0.4) is 0 Å². The zero-order valence-corrected chi connectivity index (χ0v) is 8.60. The molecule has 0 fully saturated rings. The lowest BCUT2D eigenvalue weighted by molar-refractivity contribution is -0.138. The normalized spacial score (nSPS) is 9.80. The second-order valence-electron chi connectivity index (χ2n) is 3.15. The van der Waals surface area contributed by atoms with Crippen molar-refractivity contribution in [2.45, 2.75) is 20.0 Å². The maximum atomic E-state index is 11.3. The fourth-order valence-electron chi connectivity index (χ4n) is 0.813. The summed E-state index contributed by atoms with van der Waals surface area (Å²) in [6.45, 7) is 2.13. The first-order valence-electron chi connectivity index (χ1n) is 4.28. The van der Waals surface area contributed by atoms with Gasteiger partial charge in [0.05, 0.1) is 6.10 Å². The van der Waals surface area contributed by atoms with E-state index in [2.05, 4.69) is 0 Å². The number of amides is 2. The smallest absolute Gasteiger partial charge is 0.411 e. The lowest BCUT2D eigenvalue weighted by Gasteiger charge is -2.19. The second kappa shape index (κ2) is 5.84. The molecule has 0 bridgehead atoms. The van der Waals surface area contributed by atoms with Crippen LogP contribution in [0, 0.1) is 0 Å². The molecule has 0 aliphatic heterocycles. The molecule has 0 rings (SSSR count). The Bertz CT molecular complexity index is 248. The molecule has 15 heavy (non-hydrogen) atoms. The van der Waals surface area contributed by atoms with E-state index in [4.69, 9.17) is 15.6 Å². The van der Waals surface area contributed by atoms with Crippen molar-refractivity contribution in [2.24, 2.45) is 5.73 Å². The average molecular weight is 218 g/mol. The third-order valence-electron chi connectivity index (χ3n) is 1.27. The molecule has 0 aromatic carbocycles. The van der Waals surface area contributed by atoms with E-state index in [1.165, 1.54) is 0 Å². The van der Waals surface area contributed by atoms with E-state index in [0.29, 0.717) is 0 Å². The van der Waals surface area contributed by atoms with Gasteiger partial charge in [-0.05, 0) is 13.8 Å². The van der Waals surface area contributed by atoms with E-state index in [1.54, 1.807) is 13.8 Å². The van der Waals surface area contributed by atoms with Crippen LogP contribution in [0.1, 0.15) is 13.8 Å². The number of carboxylic acids is 1. The van der Waals surface area contributed by atoms with E-state index in [9.17, 15) is 14.4 Å². The molecule has 86 valence electrons. The highest BCUT2D eigenvalue weighted by Gasteiger charge is 2.20. The largest absolute Gasteiger partial charge is 0.480 e. The van der Waals surface area contributed by atoms with Crippen LogP contribution in [-0.4, -0.2) is 47.2 Å². The summed E-state index contributed by atoms with van der Waals surface area (Å²) in [7, 11) is 0. The summed E-state index contributed by atoms with van der Waals surface area (Å²) in [6.07, 6.45) is -1.26. The maximum Gasteiger partial charge on any atom is 0.411 e. The van der Waals surface area contributed by atoms with Gasteiger partial charge in [0.1, 0.15) is 13.1 Å². The first-order chi connectivity index (χ1) is 6.82. The van der Waals surface area contributed by atoms with E-state index in [-0.39, 0.29) is 6.10 Å². The van der Waals surface area contributed by atoms with Gasteiger partial charge in [-0.1, -0.05) is 0 Å². The molecular formula is C8H14N2O5. The Labute approximate surface area is 86.8 Å². The number of carbonyl (C=O) groups is 3. The van der Waals surface area contributed by atoms with Gasteiger partial charge in [-0.25, -0.2) is 4.79 Å². The number of primary amides is 1. The molecule has 3 N–H and O–H groups in total. The van der Waals surface area contributed by atoms with Gasteiger partial charge >= 0.3 is 12.1 Å². The number of aliphatic carboxylic acids is 1. The minimum atomic E-state index is -1.24. The SMILES string of the molecule is CC(C)OC(=O)N(CC(N)=O)CC(=O)O. The Hall–Kier alpha value is -1.79. The van der Waals surface area contributed by atoms with Crippen LogP contribution in [0.5, 0.6) is 0 Å². The Morgan fingerprint density at radius 2 is 1.87 bits per heavy atom. The number of nitrogens with two attached hydrogens (primary N) is 1. The number of hydrogen-bond donors (Lipinski definition) is 2. The standard InChI is InChI=1S/C8H14N2O5/c1-5(2)15-8(14)10(3-6(9)11)4-7(12)13/h5H,3-4H2,1-2H3,(H2,9,11)(H,12,13). The number of ether oxygens (including phenoxy) is 1. The Balaban J connectivity index is 4.40. The van der Waals surface area contributed by atoms with Crippen molar-refractivity contribution >= 4 is 18.0 Å².